The highest BCUT2D eigenvalue weighted by molar-refractivity contribution is 8.10. The van der Waals surface area contributed by atoms with Crippen LogP contribution in [0.15, 0.2) is 0 Å². The summed E-state index contributed by atoms with van der Waals surface area (Å²) in [6.45, 7) is 8.62. The molecule has 0 aromatic carbocycles. The molecule has 1 aliphatic rings. The fourth-order valence-corrected chi connectivity index (χ4v) is 1.72. The van der Waals surface area contributed by atoms with Gasteiger partial charge in [0.15, 0.2) is 0 Å². The molecule has 1 aliphatic heterocycles. The van der Waals surface area contributed by atoms with Crippen LogP contribution in [0.4, 0.5) is 0 Å². The molecule has 0 atom stereocenters. The summed E-state index contributed by atoms with van der Waals surface area (Å²) in [5.74, 6) is 0. The van der Waals surface area contributed by atoms with Gasteiger partial charge >= 0.3 is 0 Å². The second-order valence-corrected chi connectivity index (χ2v) is 4.40. The molecule has 1 heterocycles. The number of piperidine rings is 1. The van der Waals surface area contributed by atoms with Gasteiger partial charge in [-0.1, -0.05) is 26.1 Å². The third-order valence-electron chi connectivity index (χ3n) is 2.13. The Labute approximate surface area is 98.8 Å². The number of likely N-dealkylation sites (tertiary alicyclic amines) is 1. The lowest BCUT2D eigenvalue weighted by Gasteiger charge is -2.26. The molecule has 2 nitrogen and oxygen atoms in total. The molecule has 4 heteroatoms. The normalized spacial score (nSPS) is 15.8. The van der Waals surface area contributed by atoms with Crippen molar-refractivity contribution in [2.45, 2.75) is 33.1 Å². The average Bonchev–Trinajstić information content (AvgIpc) is 2.21. The highest BCUT2D eigenvalue weighted by Gasteiger charge is 2.09. The Morgan fingerprint density at radius 1 is 1.21 bits per heavy atom. The maximum absolute atomic E-state index is 4.91. The van der Waals surface area contributed by atoms with E-state index in [1.54, 1.807) is 0 Å². The first-order valence-corrected chi connectivity index (χ1v) is 6.26. The van der Waals surface area contributed by atoms with E-state index in [1.165, 1.54) is 19.3 Å². The predicted molar refractivity (Wildman–Crippen MR) is 71.2 cm³/mol. The summed E-state index contributed by atoms with van der Waals surface area (Å²) in [6, 6.07) is 0. The summed E-state index contributed by atoms with van der Waals surface area (Å²) in [4.78, 5) is 2.15. The zero-order valence-corrected chi connectivity index (χ0v) is 11.0. The molecule has 0 aliphatic carbocycles. The quantitative estimate of drug-likeness (QED) is 0.563. The SMILES string of the molecule is CCNCC.S=C(S)N1CCCCC1. The molecular formula is C10H22N2S2. The van der Waals surface area contributed by atoms with Crippen molar-refractivity contribution in [1.82, 2.24) is 10.2 Å². The highest BCUT2D eigenvalue weighted by atomic mass is 32.1. The van der Waals surface area contributed by atoms with Gasteiger partial charge in [0, 0.05) is 13.1 Å². The molecule has 0 unspecified atom stereocenters. The smallest absolute Gasteiger partial charge is 0.133 e. The second-order valence-electron chi connectivity index (χ2n) is 3.29. The molecule has 0 spiro atoms. The number of nitrogens with one attached hydrogen (secondary N) is 1. The highest BCUT2D eigenvalue weighted by Crippen LogP contribution is 2.10. The van der Waals surface area contributed by atoms with Crippen LogP contribution in [-0.4, -0.2) is 35.4 Å². The molecular weight excluding hydrogens is 212 g/mol. The van der Waals surface area contributed by atoms with Crippen molar-refractivity contribution in [2.75, 3.05) is 26.2 Å². The monoisotopic (exact) mass is 234 g/mol. The first kappa shape index (κ1) is 14.2. The van der Waals surface area contributed by atoms with E-state index >= 15 is 0 Å². The van der Waals surface area contributed by atoms with E-state index < -0.39 is 0 Å². The Morgan fingerprint density at radius 3 is 1.93 bits per heavy atom. The van der Waals surface area contributed by atoms with Crippen molar-refractivity contribution in [3.8, 4) is 0 Å². The van der Waals surface area contributed by atoms with Crippen LogP contribution < -0.4 is 5.32 Å². The van der Waals surface area contributed by atoms with Gasteiger partial charge in [0.1, 0.15) is 4.32 Å². The number of hydrogen-bond acceptors (Lipinski definition) is 2. The zero-order chi connectivity index (χ0) is 10.8. The van der Waals surface area contributed by atoms with Crippen LogP contribution in [0.5, 0.6) is 0 Å². The van der Waals surface area contributed by atoms with E-state index in [9.17, 15) is 0 Å². The second kappa shape index (κ2) is 9.74. The van der Waals surface area contributed by atoms with Crippen molar-refractivity contribution in [1.29, 1.82) is 0 Å². The van der Waals surface area contributed by atoms with Crippen molar-refractivity contribution < 1.29 is 0 Å². The van der Waals surface area contributed by atoms with Gasteiger partial charge in [0.2, 0.25) is 0 Å². The predicted octanol–water partition coefficient (Wildman–Crippen LogP) is 2.30. The molecule has 1 rings (SSSR count). The van der Waals surface area contributed by atoms with Crippen molar-refractivity contribution in [3.63, 3.8) is 0 Å². The van der Waals surface area contributed by atoms with Crippen molar-refractivity contribution in [2.24, 2.45) is 0 Å². The molecule has 0 amide bonds. The molecule has 0 saturated carbocycles. The minimum absolute atomic E-state index is 0.759. The van der Waals surface area contributed by atoms with E-state index in [-0.39, 0.29) is 0 Å². The van der Waals surface area contributed by atoms with Gasteiger partial charge in [-0.2, -0.15) is 0 Å². The molecule has 14 heavy (non-hydrogen) atoms. The first-order valence-electron chi connectivity index (χ1n) is 5.41. The van der Waals surface area contributed by atoms with Gasteiger partial charge < -0.3 is 10.2 Å². The number of rotatable bonds is 2. The van der Waals surface area contributed by atoms with Gasteiger partial charge in [-0.05, 0) is 32.4 Å². The molecule has 84 valence electrons. The largest absolute Gasteiger partial charge is 0.358 e. The minimum Gasteiger partial charge on any atom is -0.358 e. The van der Waals surface area contributed by atoms with Gasteiger partial charge in [0.25, 0.3) is 0 Å². The van der Waals surface area contributed by atoms with Crippen molar-refractivity contribution >= 4 is 29.2 Å². The molecule has 1 fully saturated rings. The summed E-state index contributed by atoms with van der Waals surface area (Å²) in [6.07, 6.45) is 3.91. The van der Waals surface area contributed by atoms with Gasteiger partial charge in [-0.15, -0.1) is 12.6 Å². The number of thiol groups is 1. The Morgan fingerprint density at radius 2 is 1.71 bits per heavy atom. The van der Waals surface area contributed by atoms with E-state index in [0.29, 0.717) is 0 Å². The zero-order valence-electron chi connectivity index (χ0n) is 9.25. The van der Waals surface area contributed by atoms with E-state index in [4.69, 9.17) is 12.2 Å². The van der Waals surface area contributed by atoms with Gasteiger partial charge in [0.05, 0.1) is 0 Å². The van der Waals surface area contributed by atoms with E-state index in [0.717, 1.165) is 30.5 Å². The van der Waals surface area contributed by atoms with Crippen LogP contribution in [0.1, 0.15) is 33.1 Å². The van der Waals surface area contributed by atoms with Crippen LogP contribution in [0, 0.1) is 0 Å². The fourth-order valence-electron chi connectivity index (χ4n) is 1.34. The van der Waals surface area contributed by atoms with Crippen molar-refractivity contribution in [3.05, 3.63) is 0 Å². The average molecular weight is 234 g/mol. The van der Waals surface area contributed by atoms with E-state index in [1.807, 2.05) is 0 Å². The third kappa shape index (κ3) is 7.59. The maximum Gasteiger partial charge on any atom is 0.133 e. The Hall–Kier alpha value is 0.200. The van der Waals surface area contributed by atoms with Crippen LogP contribution in [-0.2, 0) is 0 Å². The molecule has 0 bridgehead atoms. The Bertz CT molecular complexity index is 143. The summed E-state index contributed by atoms with van der Waals surface area (Å²) in [7, 11) is 0. The van der Waals surface area contributed by atoms with Crippen LogP contribution in [0.3, 0.4) is 0 Å². The van der Waals surface area contributed by atoms with Gasteiger partial charge in [-0.3, -0.25) is 0 Å². The Balaban J connectivity index is 0.000000292. The fraction of sp³-hybridized carbons (Fsp3) is 0.900. The van der Waals surface area contributed by atoms with Crippen LogP contribution in [0.25, 0.3) is 0 Å². The summed E-state index contributed by atoms with van der Waals surface area (Å²) in [5, 5.41) is 3.11. The maximum atomic E-state index is 4.91. The molecule has 0 aromatic rings. The number of hydrogen-bond donors (Lipinski definition) is 2. The van der Waals surface area contributed by atoms with Crippen LogP contribution >= 0.6 is 24.8 Å². The lowest BCUT2D eigenvalue weighted by molar-refractivity contribution is 0.352. The van der Waals surface area contributed by atoms with E-state index in [2.05, 4.69) is 36.7 Å². The number of thiocarbonyl (C=S) groups is 1. The molecule has 0 aromatic heterocycles. The minimum atomic E-state index is 0.759. The summed E-state index contributed by atoms with van der Waals surface area (Å²) < 4.78 is 0.759. The molecule has 1 N–H and O–H groups in total. The Kier molecular flexibility index (Phi) is 9.88. The van der Waals surface area contributed by atoms with Crippen LogP contribution in [0.2, 0.25) is 0 Å². The number of nitrogens with zero attached hydrogens (tertiary/aromatic N) is 1. The van der Waals surface area contributed by atoms with Gasteiger partial charge in [-0.25, -0.2) is 0 Å². The molecule has 1 saturated heterocycles. The first-order chi connectivity index (χ1) is 6.72. The topological polar surface area (TPSA) is 15.3 Å². The standard InChI is InChI=1S/C6H11NS2.C4H11N/c8-6(9)7-4-2-1-3-5-7;1-3-5-4-2/h1-5H2,(H,8,9);5H,3-4H2,1-2H3. The lowest BCUT2D eigenvalue weighted by Crippen LogP contribution is -2.31. The summed E-state index contributed by atoms with van der Waals surface area (Å²) in [5.41, 5.74) is 0. The third-order valence-corrected chi connectivity index (χ3v) is 2.67. The summed E-state index contributed by atoms with van der Waals surface area (Å²) >= 11 is 9.00. The lowest BCUT2D eigenvalue weighted by atomic mass is 10.1. The molecule has 0 radical (unpaired) electrons.